The molecule has 0 aliphatic carbocycles. The summed E-state index contributed by atoms with van der Waals surface area (Å²) in [4.78, 5) is 39.1. The van der Waals surface area contributed by atoms with Gasteiger partial charge in [0, 0.05) is 73.1 Å². The van der Waals surface area contributed by atoms with Crippen LogP contribution in [0.1, 0.15) is 267 Å². The van der Waals surface area contributed by atoms with Gasteiger partial charge in [-0.05, 0) is 212 Å². The molecule has 12 aromatic rings. The lowest BCUT2D eigenvalue weighted by atomic mass is 9.78. The molecule has 0 amide bonds. The van der Waals surface area contributed by atoms with Crippen LogP contribution in [0.4, 0.5) is 0 Å². The van der Waals surface area contributed by atoms with Crippen molar-refractivity contribution >= 4 is 92.7 Å². The standard InChI is InChI=1S/C113H115N8/c1-106(2,3)74-56-70(57-75(64-74)107(4,5)6)102-92-44-40-84(114-92)82(85-41-45-93(115-85)103(71-58-76(108(7,8)9)65-77(59-71)109(10,11)12)97-53-49-89(119-97)100(68-34-28-25-29-35-68)88-48-52-96(102)118-88)38-32-27-33-39-83-86-42-46-94(116-86)104(72-60-78(110(13,14)15)66-79(61-72)111(16,17)18)98-54-50-90(120-98)101(69-36-30-26-31-37-69)91-51-55-99(121-91)105(95-47-43-87(83)117-95)73-62-80(112(19,20)21)67-81(63-73)113(22,23)24/h25-26,28-31,34-38,40-67,114,116,119,121H,1-24H3/q+1. The number of hydrogen-bond donors (Lipinski definition) is 4. The highest BCUT2D eigenvalue weighted by Gasteiger charge is 2.31. The summed E-state index contributed by atoms with van der Waals surface area (Å²) in [6.07, 6.45) is 19.3. The fourth-order valence-corrected chi connectivity index (χ4v) is 16.5. The number of aromatic amines is 4. The van der Waals surface area contributed by atoms with Crippen molar-refractivity contribution in [3.8, 4) is 90.4 Å². The van der Waals surface area contributed by atoms with E-state index in [2.05, 4.69) is 440 Å². The molecule has 0 fully saturated rings. The predicted molar refractivity (Wildman–Crippen MR) is 518 cm³/mol. The van der Waals surface area contributed by atoms with Gasteiger partial charge in [0.15, 0.2) is 11.3 Å². The maximum absolute atomic E-state index is 5.78. The van der Waals surface area contributed by atoms with Crippen molar-refractivity contribution in [1.29, 1.82) is 0 Å². The molecule has 0 spiro atoms. The predicted octanol–water partition coefficient (Wildman–Crippen LogP) is 29.6. The third-order valence-electron chi connectivity index (χ3n) is 24.0. The summed E-state index contributed by atoms with van der Waals surface area (Å²) in [6, 6.07) is 67.4. The molecule has 16 bridgehead atoms. The van der Waals surface area contributed by atoms with E-state index in [-0.39, 0.29) is 43.3 Å². The first-order valence-corrected chi connectivity index (χ1v) is 42.9. The molecule has 4 aliphatic rings. The van der Waals surface area contributed by atoms with Crippen LogP contribution >= 0.6 is 0 Å². The average molecular weight is 1590 g/mol. The van der Waals surface area contributed by atoms with Crippen LogP contribution in [-0.2, 0) is 43.3 Å². The zero-order valence-corrected chi connectivity index (χ0v) is 75.3. The van der Waals surface area contributed by atoms with Gasteiger partial charge in [-0.3, -0.25) is 0 Å². The third kappa shape index (κ3) is 16.7. The van der Waals surface area contributed by atoms with E-state index in [1.165, 1.54) is 44.5 Å². The van der Waals surface area contributed by atoms with Crippen LogP contribution in [0, 0.1) is 30.1 Å². The zero-order chi connectivity index (χ0) is 86.0. The van der Waals surface area contributed by atoms with E-state index >= 15 is 0 Å². The molecule has 121 heavy (non-hydrogen) atoms. The van der Waals surface area contributed by atoms with Gasteiger partial charge in [0.05, 0.1) is 74.7 Å². The van der Waals surface area contributed by atoms with Gasteiger partial charge in [-0.15, -0.1) is 0 Å². The van der Waals surface area contributed by atoms with Crippen molar-refractivity contribution in [3.63, 3.8) is 0 Å². The summed E-state index contributed by atoms with van der Waals surface area (Å²) in [7, 11) is 0. The smallest absolute Gasteiger partial charge is 0.154 e. The van der Waals surface area contributed by atoms with Crippen LogP contribution in [0.25, 0.3) is 160 Å². The quantitative estimate of drug-likeness (QED) is 0.0940. The van der Waals surface area contributed by atoms with Crippen molar-refractivity contribution < 1.29 is 0 Å². The van der Waals surface area contributed by atoms with E-state index in [0.29, 0.717) is 11.3 Å². The van der Waals surface area contributed by atoms with E-state index in [1.54, 1.807) is 0 Å². The first-order chi connectivity index (χ1) is 57.0. The van der Waals surface area contributed by atoms with Crippen LogP contribution in [0.5, 0.6) is 0 Å². The Morgan fingerprint density at radius 3 is 0.736 bits per heavy atom. The van der Waals surface area contributed by atoms with E-state index in [0.717, 1.165) is 156 Å². The summed E-state index contributed by atoms with van der Waals surface area (Å²) in [5.74, 6) is 14.1. The maximum Gasteiger partial charge on any atom is 0.154 e. The zero-order valence-electron chi connectivity index (χ0n) is 75.3. The first-order valence-electron chi connectivity index (χ1n) is 42.9. The molecular formula is C113H115N8+. The molecular weight excluding hydrogens is 1470 g/mol. The second-order valence-electron chi connectivity index (χ2n) is 41.6. The fourth-order valence-electron chi connectivity index (χ4n) is 16.5. The van der Waals surface area contributed by atoms with Crippen LogP contribution < -0.4 is 0 Å². The Morgan fingerprint density at radius 1 is 0.223 bits per heavy atom. The maximum atomic E-state index is 5.78. The van der Waals surface area contributed by atoms with E-state index in [1.807, 2.05) is 6.42 Å². The lowest BCUT2D eigenvalue weighted by molar-refractivity contribution is 0.568. The third-order valence-corrected chi connectivity index (χ3v) is 24.0. The first kappa shape index (κ1) is 82.2. The number of H-pyrrole nitrogens is 4. The van der Waals surface area contributed by atoms with Crippen LogP contribution in [0.2, 0.25) is 0 Å². The number of fused-ring (bicyclic) bond motifs is 16. The minimum absolute atomic E-state index is 0.156. The second-order valence-corrected chi connectivity index (χ2v) is 41.6. The molecule has 0 radical (unpaired) electrons. The highest BCUT2D eigenvalue weighted by atomic mass is 14.8. The van der Waals surface area contributed by atoms with E-state index in [9.17, 15) is 0 Å². The molecule has 8 nitrogen and oxygen atoms in total. The normalized spacial score (nSPS) is 13.2. The Balaban J connectivity index is 0.975. The van der Waals surface area contributed by atoms with E-state index in [4.69, 9.17) is 19.9 Å². The number of benzene rings is 6. The largest absolute Gasteiger partial charge is 0.354 e. The van der Waals surface area contributed by atoms with Crippen molar-refractivity contribution in [2.45, 2.75) is 209 Å². The van der Waals surface area contributed by atoms with Crippen molar-refractivity contribution in [1.82, 2.24) is 39.9 Å². The average Bonchev–Trinajstić information content (AvgIpc) is 1.66. The Bertz CT molecular complexity index is 6560. The summed E-state index contributed by atoms with van der Waals surface area (Å²) in [5.41, 5.74) is 36.2. The molecule has 0 saturated heterocycles. The lowest BCUT2D eigenvalue weighted by Crippen LogP contribution is -2.16. The number of rotatable bonds is 7. The molecule has 6 aromatic carbocycles. The minimum atomic E-state index is -0.158. The van der Waals surface area contributed by atoms with Crippen LogP contribution in [-0.4, -0.2) is 39.9 Å². The SMILES string of the molecule is CC(C)(C)c1cc(-c2c3nc(c(-c4ccccc4)c4ccc([nH]4)c(-c4cc(C(C)(C)C)cc(C(C)(C)C)c4)c4nc(c(C#CC#C[CH+]c5c6nc(c(-c7cc(C(C)(C)C)cc(C(C)(C)C)c7)c7ccc([nH]7)c(-c7ccccc7)c7nc(c(-c8cc(C(C)(C)C)cc(C(C)(C)C)c8)c8ccc5[nH]8)C=C7)C=C6)c5ccc2[nH]5)C=C4)C=C3)cc(C(C)(C)C)c1. The van der Waals surface area contributed by atoms with Crippen molar-refractivity contribution in [2.75, 3.05) is 0 Å². The molecule has 10 heterocycles. The lowest BCUT2D eigenvalue weighted by Gasteiger charge is -2.26. The molecule has 16 rings (SSSR count). The number of aromatic nitrogens is 8. The van der Waals surface area contributed by atoms with Crippen molar-refractivity contribution in [2.24, 2.45) is 0 Å². The minimum Gasteiger partial charge on any atom is -0.354 e. The molecule has 4 N–H and O–H groups in total. The number of nitrogens with one attached hydrogen (secondary N) is 4. The van der Waals surface area contributed by atoms with Crippen LogP contribution in [0.3, 0.4) is 0 Å². The van der Waals surface area contributed by atoms with Gasteiger partial charge in [0.25, 0.3) is 0 Å². The Morgan fingerprint density at radius 2 is 0.446 bits per heavy atom. The topological polar surface area (TPSA) is 115 Å². The highest BCUT2D eigenvalue weighted by molar-refractivity contribution is 6.01. The molecule has 0 atom stereocenters. The summed E-state index contributed by atoms with van der Waals surface area (Å²) in [6.45, 7) is 55.2. The van der Waals surface area contributed by atoms with Gasteiger partial charge in [-0.25, -0.2) is 15.0 Å². The highest BCUT2D eigenvalue weighted by Crippen LogP contribution is 2.46. The molecule has 606 valence electrons. The summed E-state index contributed by atoms with van der Waals surface area (Å²) >= 11 is 0. The molecule has 0 unspecified atom stereocenters. The van der Waals surface area contributed by atoms with Gasteiger partial charge in [-0.2, -0.15) is 4.98 Å². The van der Waals surface area contributed by atoms with Crippen molar-refractivity contribution in [3.05, 3.63) is 290 Å². The molecule has 0 saturated carbocycles. The van der Waals surface area contributed by atoms with Gasteiger partial charge in [0.2, 0.25) is 0 Å². The van der Waals surface area contributed by atoms with Gasteiger partial charge in [0.1, 0.15) is 11.4 Å². The second kappa shape index (κ2) is 30.3. The fraction of sp³-hybridized carbons (Fsp3) is 0.283. The van der Waals surface area contributed by atoms with Gasteiger partial charge >= 0.3 is 0 Å². The Kier molecular flexibility index (Phi) is 20.6. The number of nitrogens with zero attached hydrogens (tertiary/aromatic N) is 4. The van der Waals surface area contributed by atoms with E-state index < -0.39 is 0 Å². The monoisotopic (exact) mass is 1580 g/mol. The van der Waals surface area contributed by atoms with Crippen LogP contribution in [0.15, 0.2) is 182 Å². The Labute approximate surface area is 717 Å². The van der Waals surface area contributed by atoms with Gasteiger partial charge in [-0.1, -0.05) is 300 Å². The molecule has 4 aliphatic heterocycles. The number of hydrogen-bond acceptors (Lipinski definition) is 4. The summed E-state index contributed by atoms with van der Waals surface area (Å²) < 4.78 is 0. The Hall–Kier alpha value is -12.5. The summed E-state index contributed by atoms with van der Waals surface area (Å²) in [5, 5.41) is 0. The molecule has 6 aromatic heterocycles. The molecule has 8 heteroatoms. The van der Waals surface area contributed by atoms with Gasteiger partial charge < -0.3 is 19.9 Å².